The highest BCUT2D eigenvalue weighted by atomic mass is 19.4. The van der Waals surface area contributed by atoms with Crippen LogP contribution in [0.15, 0.2) is 24.3 Å². The fourth-order valence-electron chi connectivity index (χ4n) is 3.62. The summed E-state index contributed by atoms with van der Waals surface area (Å²) in [5.41, 5.74) is 0.174. The lowest BCUT2D eigenvalue weighted by Crippen LogP contribution is -2.42. The molecule has 0 atom stereocenters. The van der Waals surface area contributed by atoms with Gasteiger partial charge in [0.25, 0.3) is 0 Å². The van der Waals surface area contributed by atoms with Gasteiger partial charge < -0.3 is 0 Å². The van der Waals surface area contributed by atoms with Crippen molar-refractivity contribution in [1.29, 1.82) is 0 Å². The monoisotopic (exact) mass is 284 g/mol. The minimum absolute atomic E-state index is 0.0301. The zero-order chi connectivity index (χ0) is 15.0. The lowest BCUT2D eigenvalue weighted by atomic mass is 9.56. The van der Waals surface area contributed by atoms with Crippen LogP contribution in [0.4, 0.5) is 13.2 Å². The van der Waals surface area contributed by atoms with E-state index in [2.05, 4.69) is 20.8 Å². The summed E-state index contributed by atoms with van der Waals surface area (Å²) in [4.78, 5) is 0. The summed E-state index contributed by atoms with van der Waals surface area (Å²) in [6.07, 6.45) is 1.11. The summed E-state index contributed by atoms with van der Waals surface area (Å²) in [7, 11) is 0. The average Bonchev–Trinajstić information content (AvgIpc) is 2.37. The van der Waals surface area contributed by atoms with Crippen LogP contribution in [0, 0.1) is 5.41 Å². The molecule has 1 aromatic carbocycles. The van der Waals surface area contributed by atoms with Crippen molar-refractivity contribution >= 4 is 0 Å². The molecule has 1 saturated carbocycles. The summed E-state index contributed by atoms with van der Waals surface area (Å²) in [5, 5.41) is 0. The van der Waals surface area contributed by atoms with E-state index in [-0.39, 0.29) is 10.8 Å². The van der Waals surface area contributed by atoms with Gasteiger partial charge in [0, 0.05) is 5.41 Å². The van der Waals surface area contributed by atoms with Gasteiger partial charge in [-0.2, -0.15) is 13.2 Å². The van der Waals surface area contributed by atoms with Gasteiger partial charge in [-0.25, -0.2) is 0 Å². The fraction of sp³-hybridized carbons (Fsp3) is 0.647. The number of alkyl halides is 3. The predicted octanol–water partition coefficient (Wildman–Crippen LogP) is 5.95. The molecule has 112 valence electrons. The third-order valence-electron chi connectivity index (χ3n) is 4.89. The minimum atomic E-state index is -4.26. The van der Waals surface area contributed by atoms with Crippen LogP contribution in [-0.4, -0.2) is 0 Å². The van der Waals surface area contributed by atoms with Gasteiger partial charge >= 0.3 is 6.18 Å². The van der Waals surface area contributed by atoms with Gasteiger partial charge in [0.1, 0.15) is 0 Å². The first-order valence-corrected chi connectivity index (χ1v) is 7.35. The highest BCUT2D eigenvalue weighted by Gasteiger charge is 2.44. The first kappa shape index (κ1) is 15.4. The Morgan fingerprint density at radius 3 is 2.05 bits per heavy atom. The molecule has 0 spiro atoms. The summed E-state index contributed by atoms with van der Waals surface area (Å²) >= 11 is 0. The fourth-order valence-corrected chi connectivity index (χ4v) is 3.62. The molecule has 0 aromatic heterocycles. The van der Waals surface area contributed by atoms with Crippen molar-refractivity contribution < 1.29 is 13.2 Å². The lowest BCUT2D eigenvalue weighted by molar-refractivity contribution is -0.137. The Bertz CT molecular complexity index is 460. The van der Waals surface area contributed by atoms with Crippen molar-refractivity contribution in [3.8, 4) is 0 Å². The second-order valence-electron chi connectivity index (χ2n) is 6.97. The predicted molar refractivity (Wildman–Crippen MR) is 75.7 cm³/mol. The van der Waals surface area contributed by atoms with Crippen LogP contribution < -0.4 is 0 Å². The maximum atomic E-state index is 13.0. The van der Waals surface area contributed by atoms with Gasteiger partial charge in [-0.05, 0) is 29.9 Å². The number of benzene rings is 1. The maximum Gasteiger partial charge on any atom is 0.416 e. The molecule has 3 heteroatoms. The summed E-state index contributed by atoms with van der Waals surface area (Å²) < 4.78 is 38.9. The zero-order valence-electron chi connectivity index (χ0n) is 12.5. The molecule has 0 aliphatic heterocycles. The molecule has 1 aromatic rings. The molecule has 1 fully saturated rings. The molecular weight excluding hydrogens is 261 g/mol. The maximum absolute atomic E-state index is 13.0. The Balaban J connectivity index is 2.50. The van der Waals surface area contributed by atoms with Crippen LogP contribution in [0.2, 0.25) is 0 Å². The first-order valence-electron chi connectivity index (χ1n) is 7.35. The van der Waals surface area contributed by atoms with E-state index in [1.165, 1.54) is 18.6 Å². The minimum Gasteiger partial charge on any atom is -0.166 e. The Kier molecular flexibility index (Phi) is 3.92. The molecule has 1 aliphatic rings. The van der Waals surface area contributed by atoms with Gasteiger partial charge in [-0.1, -0.05) is 58.2 Å². The van der Waals surface area contributed by atoms with E-state index in [9.17, 15) is 13.2 Å². The van der Waals surface area contributed by atoms with Crippen LogP contribution >= 0.6 is 0 Å². The normalized spacial score (nSPS) is 19.9. The highest BCUT2D eigenvalue weighted by molar-refractivity contribution is 5.34. The lowest BCUT2D eigenvalue weighted by Gasteiger charge is -2.48. The molecule has 0 heterocycles. The van der Waals surface area contributed by atoms with E-state index in [1.54, 1.807) is 6.07 Å². The van der Waals surface area contributed by atoms with E-state index in [0.29, 0.717) is 0 Å². The Morgan fingerprint density at radius 1 is 0.950 bits per heavy atom. The van der Waals surface area contributed by atoms with E-state index in [4.69, 9.17) is 0 Å². The van der Waals surface area contributed by atoms with Gasteiger partial charge in [0.05, 0.1) is 5.56 Å². The third-order valence-corrected chi connectivity index (χ3v) is 4.89. The second kappa shape index (κ2) is 5.09. The van der Waals surface area contributed by atoms with Crippen LogP contribution in [-0.2, 0) is 11.6 Å². The molecule has 1 aliphatic carbocycles. The van der Waals surface area contributed by atoms with Crippen molar-refractivity contribution in [2.45, 2.75) is 64.5 Å². The van der Waals surface area contributed by atoms with Crippen LogP contribution in [0.3, 0.4) is 0 Å². The van der Waals surface area contributed by atoms with E-state index >= 15 is 0 Å². The molecular formula is C17H23F3. The number of hydrogen-bond acceptors (Lipinski definition) is 0. The van der Waals surface area contributed by atoms with Crippen molar-refractivity contribution in [2.24, 2.45) is 5.41 Å². The molecule has 0 unspecified atom stereocenters. The molecule has 2 rings (SSSR count). The van der Waals surface area contributed by atoms with E-state index in [1.807, 2.05) is 6.07 Å². The average molecular weight is 284 g/mol. The van der Waals surface area contributed by atoms with Crippen molar-refractivity contribution in [3.05, 3.63) is 35.4 Å². The number of rotatable bonds is 1. The molecule has 20 heavy (non-hydrogen) atoms. The summed E-state index contributed by atoms with van der Waals surface area (Å²) in [6.45, 7) is 6.45. The Hall–Kier alpha value is -0.990. The second-order valence-corrected chi connectivity index (χ2v) is 6.97. The largest absolute Gasteiger partial charge is 0.416 e. The highest BCUT2D eigenvalue weighted by Crippen LogP contribution is 2.51. The van der Waals surface area contributed by atoms with Gasteiger partial charge in [0.15, 0.2) is 0 Å². The van der Waals surface area contributed by atoms with Crippen LogP contribution in [0.1, 0.15) is 64.0 Å². The summed E-state index contributed by atoms with van der Waals surface area (Å²) in [6, 6.07) is 5.98. The van der Waals surface area contributed by atoms with Crippen molar-refractivity contribution in [2.75, 3.05) is 0 Å². The van der Waals surface area contributed by atoms with Gasteiger partial charge in [-0.3, -0.25) is 0 Å². The van der Waals surface area contributed by atoms with Crippen LogP contribution in [0.5, 0.6) is 0 Å². The molecule has 0 radical (unpaired) electrons. The van der Waals surface area contributed by atoms with Crippen molar-refractivity contribution in [3.63, 3.8) is 0 Å². The number of hydrogen-bond donors (Lipinski definition) is 0. The van der Waals surface area contributed by atoms with Gasteiger partial charge in [0.2, 0.25) is 0 Å². The molecule has 0 amide bonds. The van der Waals surface area contributed by atoms with E-state index in [0.717, 1.165) is 31.2 Å². The third kappa shape index (κ3) is 2.72. The topological polar surface area (TPSA) is 0 Å². The quantitative estimate of drug-likeness (QED) is 0.597. The Morgan fingerprint density at radius 2 is 1.55 bits per heavy atom. The van der Waals surface area contributed by atoms with Crippen molar-refractivity contribution in [1.82, 2.24) is 0 Å². The van der Waals surface area contributed by atoms with Crippen LogP contribution in [0.25, 0.3) is 0 Å². The SMILES string of the molecule is CC(C)(C)C1(c2cccc(C(F)(F)F)c2)CCCCC1. The number of halogens is 3. The molecule has 0 bridgehead atoms. The molecule has 0 saturated heterocycles. The van der Waals surface area contributed by atoms with Gasteiger partial charge in [-0.15, -0.1) is 0 Å². The zero-order valence-corrected chi connectivity index (χ0v) is 12.5. The standard InChI is InChI=1S/C17H23F3/c1-15(2,3)16(10-5-4-6-11-16)13-8-7-9-14(12-13)17(18,19)20/h7-9,12H,4-6,10-11H2,1-3H3. The summed E-state index contributed by atoms with van der Waals surface area (Å²) in [5.74, 6) is 0. The van der Waals surface area contributed by atoms with E-state index < -0.39 is 11.7 Å². The molecule has 0 nitrogen and oxygen atoms in total. The smallest absolute Gasteiger partial charge is 0.166 e. The Labute approximate surface area is 119 Å². The molecule has 0 N–H and O–H groups in total. The first-order chi connectivity index (χ1) is 9.17.